The summed E-state index contributed by atoms with van der Waals surface area (Å²) in [6.45, 7) is 5.83. The summed E-state index contributed by atoms with van der Waals surface area (Å²) in [6.07, 6.45) is 4.24. The molecule has 8 nitrogen and oxygen atoms in total. The molecule has 1 aliphatic heterocycles. The summed E-state index contributed by atoms with van der Waals surface area (Å²) < 4.78 is 19.5. The van der Waals surface area contributed by atoms with Crippen molar-refractivity contribution in [3.05, 3.63) is 53.1 Å². The molecule has 3 heterocycles. The van der Waals surface area contributed by atoms with E-state index in [4.69, 9.17) is 9.72 Å². The highest BCUT2D eigenvalue weighted by molar-refractivity contribution is 5.94. The number of hydrogen-bond acceptors (Lipinski definition) is 6. The molecule has 2 aliphatic rings. The molecule has 2 aromatic carbocycles. The van der Waals surface area contributed by atoms with Gasteiger partial charge in [0, 0.05) is 51.1 Å². The second-order valence-corrected chi connectivity index (χ2v) is 10.2. The topological polar surface area (TPSA) is 102 Å². The van der Waals surface area contributed by atoms with Crippen LogP contribution in [0.15, 0.2) is 30.3 Å². The molecule has 194 valence electrons. The van der Waals surface area contributed by atoms with E-state index in [-0.39, 0.29) is 5.75 Å². The summed E-state index contributed by atoms with van der Waals surface area (Å²) in [5.74, 6) is -0.166. The highest BCUT2D eigenvalue weighted by atomic mass is 19.1. The number of H-pyrrole nitrogens is 2. The quantitative estimate of drug-likeness (QED) is 0.288. The first kappa shape index (κ1) is 24.1. The first-order chi connectivity index (χ1) is 18.0. The van der Waals surface area contributed by atoms with Crippen LogP contribution >= 0.6 is 0 Å². The van der Waals surface area contributed by atoms with Crippen molar-refractivity contribution in [2.75, 3.05) is 26.7 Å². The number of aromatic nitrogens is 4. The lowest BCUT2D eigenvalue weighted by Gasteiger charge is -2.35. The standard InChI is InChI=1S/C28H33FN6O2/c1-3-16-11-26(36)22(29)14-21(16)17-4-5-20-24(10-17)33-34-27(20)28-31-23-6-8-35(15-25(23)32-28)9-7-30-18-12-19(13-18)37-2/h4-5,10-11,14,18-19,30,36H,3,6-9,12-13,15H2,1-2H3,(H,31,32)(H,33,34). The van der Waals surface area contributed by atoms with Crippen LogP contribution in [0.4, 0.5) is 4.39 Å². The Morgan fingerprint density at radius 2 is 2.11 bits per heavy atom. The van der Waals surface area contributed by atoms with Gasteiger partial charge in [0.2, 0.25) is 0 Å². The fraction of sp³-hybridized carbons (Fsp3) is 0.429. The van der Waals surface area contributed by atoms with Gasteiger partial charge in [-0.2, -0.15) is 5.10 Å². The SMILES string of the molecule is CCc1cc(O)c(F)cc1-c1ccc2c(-c3nc4c([nH]3)CN(CCNC3CC(OC)C3)CC4)n[nH]c2c1. The number of imidazole rings is 1. The van der Waals surface area contributed by atoms with Gasteiger partial charge in [-0.15, -0.1) is 0 Å². The molecule has 0 amide bonds. The molecule has 1 fully saturated rings. The summed E-state index contributed by atoms with van der Waals surface area (Å²) >= 11 is 0. The van der Waals surface area contributed by atoms with Crippen LogP contribution in [0.5, 0.6) is 5.75 Å². The molecule has 9 heteroatoms. The molecule has 0 atom stereocenters. The number of ether oxygens (including phenoxy) is 1. The number of aromatic amines is 2. The summed E-state index contributed by atoms with van der Waals surface area (Å²) in [4.78, 5) is 10.9. The number of phenolic OH excluding ortho intramolecular Hbond substituents is 1. The molecule has 0 spiro atoms. The van der Waals surface area contributed by atoms with E-state index in [2.05, 4.69) is 25.4 Å². The van der Waals surface area contributed by atoms with Gasteiger partial charge in [-0.05, 0) is 60.2 Å². The Morgan fingerprint density at radius 1 is 1.24 bits per heavy atom. The monoisotopic (exact) mass is 504 g/mol. The molecule has 2 aromatic heterocycles. The van der Waals surface area contributed by atoms with Crippen LogP contribution in [-0.2, 0) is 24.1 Å². The molecule has 1 aliphatic carbocycles. The van der Waals surface area contributed by atoms with E-state index in [9.17, 15) is 9.50 Å². The first-order valence-electron chi connectivity index (χ1n) is 13.1. The number of phenols is 1. The van der Waals surface area contributed by atoms with Gasteiger partial charge < -0.3 is 20.1 Å². The average Bonchev–Trinajstić information content (AvgIpc) is 3.49. The van der Waals surface area contributed by atoms with E-state index >= 15 is 0 Å². The number of fused-ring (bicyclic) bond motifs is 2. The van der Waals surface area contributed by atoms with E-state index < -0.39 is 5.82 Å². The molecular formula is C28H33FN6O2. The van der Waals surface area contributed by atoms with Crippen LogP contribution in [0.1, 0.15) is 36.7 Å². The predicted octanol–water partition coefficient (Wildman–Crippen LogP) is 4.15. The third-order valence-corrected chi connectivity index (χ3v) is 7.85. The predicted molar refractivity (Wildman–Crippen MR) is 141 cm³/mol. The van der Waals surface area contributed by atoms with Crippen LogP contribution in [0.3, 0.4) is 0 Å². The van der Waals surface area contributed by atoms with Gasteiger partial charge in [0.15, 0.2) is 17.4 Å². The molecule has 4 N–H and O–H groups in total. The van der Waals surface area contributed by atoms with Gasteiger partial charge in [0.25, 0.3) is 0 Å². The van der Waals surface area contributed by atoms with Crippen LogP contribution in [0, 0.1) is 5.82 Å². The van der Waals surface area contributed by atoms with Crippen molar-refractivity contribution in [3.8, 4) is 28.4 Å². The molecule has 0 saturated heterocycles. The maximum Gasteiger partial charge on any atom is 0.165 e. The van der Waals surface area contributed by atoms with Crippen LogP contribution < -0.4 is 5.32 Å². The Balaban J connectivity index is 1.17. The van der Waals surface area contributed by atoms with Crippen molar-refractivity contribution in [2.24, 2.45) is 0 Å². The minimum Gasteiger partial charge on any atom is -0.505 e. The van der Waals surface area contributed by atoms with Crippen molar-refractivity contribution in [1.29, 1.82) is 0 Å². The Labute approximate surface area is 215 Å². The minimum atomic E-state index is -0.619. The Bertz CT molecular complexity index is 1420. The lowest BCUT2D eigenvalue weighted by Crippen LogP contribution is -2.47. The Morgan fingerprint density at radius 3 is 2.92 bits per heavy atom. The van der Waals surface area contributed by atoms with Crippen LogP contribution in [0.25, 0.3) is 33.5 Å². The van der Waals surface area contributed by atoms with Crippen molar-refractivity contribution in [3.63, 3.8) is 0 Å². The second kappa shape index (κ2) is 9.89. The number of nitrogens with zero attached hydrogens (tertiary/aromatic N) is 3. The van der Waals surface area contributed by atoms with E-state index in [1.165, 1.54) is 12.1 Å². The molecule has 0 unspecified atom stereocenters. The van der Waals surface area contributed by atoms with Gasteiger partial charge in [-0.3, -0.25) is 10.00 Å². The number of halogens is 1. The Hall–Kier alpha value is -3.27. The Kier molecular flexibility index (Phi) is 6.44. The lowest BCUT2D eigenvalue weighted by atomic mass is 9.89. The zero-order chi connectivity index (χ0) is 25.5. The summed E-state index contributed by atoms with van der Waals surface area (Å²) in [6, 6.07) is 9.44. The van der Waals surface area contributed by atoms with Gasteiger partial charge in [-0.25, -0.2) is 9.37 Å². The van der Waals surface area contributed by atoms with E-state index in [1.807, 2.05) is 25.1 Å². The summed E-state index contributed by atoms with van der Waals surface area (Å²) in [7, 11) is 1.79. The third-order valence-electron chi connectivity index (χ3n) is 7.85. The number of nitrogens with one attached hydrogen (secondary N) is 3. The summed E-state index contributed by atoms with van der Waals surface area (Å²) in [5.41, 5.74) is 6.45. The van der Waals surface area contributed by atoms with E-state index in [0.29, 0.717) is 18.6 Å². The van der Waals surface area contributed by atoms with E-state index in [0.717, 1.165) is 95.9 Å². The van der Waals surface area contributed by atoms with Gasteiger partial charge in [-0.1, -0.05) is 13.0 Å². The molecule has 37 heavy (non-hydrogen) atoms. The molecule has 1 saturated carbocycles. The van der Waals surface area contributed by atoms with Crippen molar-refractivity contribution in [1.82, 2.24) is 30.4 Å². The molecule has 4 aromatic rings. The first-order valence-corrected chi connectivity index (χ1v) is 13.1. The average molecular weight is 505 g/mol. The number of benzene rings is 2. The van der Waals surface area contributed by atoms with Crippen LogP contribution in [-0.4, -0.2) is 69.1 Å². The van der Waals surface area contributed by atoms with Gasteiger partial charge >= 0.3 is 0 Å². The largest absolute Gasteiger partial charge is 0.505 e. The molecule has 0 bridgehead atoms. The van der Waals surface area contributed by atoms with Gasteiger partial charge in [0.05, 0.1) is 23.0 Å². The highest BCUT2D eigenvalue weighted by Crippen LogP contribution is 2.34. The third kappa shape index (κ3) is 4.63. The number of hydrogen-bond donors (Lipinski definition) is 4. The zero-order valence-electron chi connectivity index (χ0n) is 21.3. The second-order valence-electron chi connectivity index (χ2n) is 10.2. The van der Waals surface area contributed by atoms with Crippen molar-refractivity contribution < 1.29 is 14.2 Å². The molecular weight excluding hydrogens is 471 g/mol. The number of aryl methyl sites for hydroxylation is 1. The van der Waals surface area contributed by atoms with Crippen LogP contribution in [0.2, 0.25) is 0 Å². The number of aromatic hydroxyl groups is 1. The maximum absolute atomic E-state index is 14.1. The zero-order valence-corrected chi connectivity index (χ0v) is 21.3. The van der Waals surface area contributed by atoms with E-state index in [1.54, 1.807) is 7.11 Å². The number of methoxy groups -OCH3 is 1. The molecule has 6 rings (SSSR count). The van der Waals surface area contributed by atoms with Gasteiger partial charge in [0.1, 0.15) is 5.69 Å². The lowest BCUT2D eigenvalue weighted by molar-refractivity contribution is 0.0168. The van der Waals surface area contributed by atoms with Crippen molar-refractivity contribution in [2.45, 2.75) is 51.3 Å². The fourth-order valence-electron chi connectivity index (χ4n) is 5.54. The molecule has 0 radical (unpaired) electrons. The highest BCUT2D eigenvalue weighted by Gasteiger charge is 2.28. The summed E-state index contributed by atoms with van der Waals surface area (Å²) in [5, 5.41) is 22.1. The smallest absolute Gasteiger partial charge is 0.165 e. The maximum atomic E-state index is 14.1. The number of rotatable bonds is 8. The normalized spacial score (nSPS) is 19.8. The minimum absolute atomic E-state index is 0.319. The fourth-order valence-corrected chi connectivity index (χ4v) is 5.54. The van der Waals surface area contributed by atoms with Crippen molar-refractivity contribution >= 4 is 10.9 Å².